The molecular formula is C11H7BrF6S. The number of alkyl halides is 6. The third-order valence-corrected chi connectivity index (χ3v) is 4.67. The van der Waals surface area contributed by atoms with Gasteiger partial charge in [-0.2, -0.15) is 26.3 Å². The lowest BCUT2D eigenvalue weighted by molar-refractivity contribution is -0.337. The van der Waals surface area contributed by atoms with Crippen LogP contribution in [0.5, 0.6) is 0 Å². The fourth-order valence-corrected chi connectivity index (χ4v) is 2.86. The zero-order chi connectivity index (χ0) is 14.6. The highest BCUT2D eigenvalue weighted by atomic mass is 79.9. The zero-order valence-corrected chi connectivity index (χ0v) is 11.6. The van der Waals surface area contributed by atoms with Gasteiger partial charge in [0.1, 0.15) is 0 Å². The zero-order valence-electron chi connectivity index (χ0n) is 9.16. The molecule has 2 rings (SSSR count). The third-order valence-electron chi connectivity index (χ3n) is 3.34. The molecule has 1 aliphatic rings. The molecule has 0 fully saturated rings. The van der Waals surface area contributed by atoms with Crippen LogP contribution in [-0.4, -0.2) is 12.4 Å². The van der Waals surface area contributed by atoms with Gasteiger partial charge in [-0.1, -0.05) is 0 Å². The summed E-state index contributed by atoms with van der Waals surface area (Å²) < 4.78 is 77.9. The molecule has 0 spiro atoms. The minimum absolute atomic E-state index is 0.0443. The van der Waals surface area contributed by atoms with E-state index in [0.717, 1.165) is 0 Å². The van der Waals surface area contributed by atoms with Gasteiger partial charge in [-0.25, -0.2) is 0 Å². The van der Waals surface area contributed by atoms with E-state index in [1.165, 1.54) is 12.1 Å². The van der Waals surface area contributed by atoms with Gasteiger partial charge in [0, 0.05) is 9.37 Å². The molecule has 0 aromatic heterocycles. The van der Waals surface area contributed by atoms with Crippen molar-refractivity contribution in [3.8, 4) is 0 Å². The lowest BCUT2D eigenvalue weighted by Gasteiger charge is -2.33. The summed E-state index contributed by atoms with van der Waals surface area (Å²) in [5.74, 6) is 0. The quantitative estimate of drug-likeness (QED) is 0.488. The summed E-state index contributed by atoms with van der Waals surface area (Å²) in [7, 11) is 0. The van der Waals surface area contributed by atoms with Crippen molar-refractivity contribution >= 4 is 28.6 Å². The minimum atomic E-state index is -5.34. The van der Waals surface area contributed by atoms with Gasteiger partial charge in [-0.3, -0.25) is 0 Å². The monoisotopic (exact) mass is 364 g/mol. The van der Waals surface area contributed by atoms with Crippen LogP contribution in [0.15, 0.2) is 21.5 Å². The maximum Gasteiger partial charge on any atom is 0.403 e. The molecule has 0 saturated carbocycles. The fraction of sp³-hybridized carbons (Fsp3) is 0.455. The number of thiol groups is 1. The third kappa shape index (κ3) is 2.26. The van der Waals surface area contributed by atoms with Crippen molar-refractivity contribution < 1.29 is 26.3 Å². The molecule has 0 unspecified atom stereocenters. The van der Waals surface area contributed by atoms with E-state index in [9.17, 15) is 26.3 Å². The van der Waals surface area contributed by atoms with Crippen LogP contribution in [0.2, 0.25) is 0 Å². The van der Waals surface area contributed by atoms with Crippen LogP contribution in [0.4, 0.5) is 26.3 Å². The highest BCUT2D eigenvalue weighted by Gasteiger charge is 2.71. The fourth-order valence-electron chi connectivity index (χ4n) is 2.25. The molecule has 0 N–H and O–H groups in total. The second kappa shape index (κ2) is 4.31. The topological polar surface area (TPSA) is 0 Å². The van der Waals surface area contributed by atoms with Crippen molar-refractivity contribution in [3.05, 3.63) is 27.7 Å². The Morgan fingerprint density at radius 2 is 1.37 bits per heavy atom. The van der Waals surface area contributed by atoms with Crippen LogP contribution in [0, 0.1) is 5.41 Å². The standard InChI is InChI=1S/C11H7BrF6S/c12-7-1-5-3-9(10(13,14)15,11(16,17)18)4-6(5)2-8(7)19/h1-2,19H,3-4H2. The van der Waals surface area contributed by atoms with Crippen LogP contribution in [0.25, 0.3) is 0 Å². The summed E-state index contributed by atoms with van der Waals surface area (Å²) in [6.07, 6.45) is -12.8. The van der Waals surface area contributed by atoms with Crippen molar-refractivity contribution in [2.24, 2.45) is 5.41 Å². The van der Waals surface area contributed by atoms with Crippen molar-refractivity contribution in [3.63, 3.8) is 0 Å². The van der Waals surface area contributed by atoms with Gasteiger partial charge >= 0.3 is 12.4 Å². The van der Waals surface area contributed by atoms with E-state index in [-0.39, 0.29) is 11.1 Å². The lowest BCUT2D eigenvalue weighted by atomic mass is 9.83. The predicted molar refractivity (Wildman–Crippen MR) is 63.3 cm³/mol. The van der Waals surface area contributed by atoms with Crippen LogP contribution in [0.1, 0.15) is 11.1 Å². The first-order valence-electron chi connectivity index (χ1n) is 5.12. The predicted octanol–water partition coefficient (Wildman–Crippen LogP) is 4.95. The van der Waals surface area contributed by atoms with Crippen molar-refractivity contribution in [1.29, 1.82) is 0 Å². The van der Waals surface area contributed by atoms with E-state index in [1.54, 1.807) is 0 Å². The molecule has 0 atom stereocenters. The molecule has 1 aromatic carbocycles. The molecule has 0 saturated heterocycles. The normalized spacial score (nSPS) is 18.5. The van der Waals surface area contributed by atoms with Crippen LogP contribution < -0.4 is 0 Å². The van der Waals surface area contributed by atoms with Crippen molar-refractivity contribution in [2.75, 3.05) is 0 Å². The minimum Gasteiger partial charge on any atom is -0.170 e. The Bertz CT molecular complexity index is 472. The Morgan fingerprint density at radius 1 is 0.947 bits per heavy atom. The molecule has 0 nitrogen and oxygen atoms in total. The molecule has 0 heterocycles. The maximum atomic E-state index is 12.9. The van der Waals surface area contributed by atoms with Gasteiger partial charge in [-0.15, -0.1) is 12.6 Å². The van der Waals surface area contributed by atoms with Crippen molar-refractivity contribution in [1.82, 2.24) is 0 Å². The lowest BCUT2D eigenvalue weighted by Crippen LogP contribution is -2.50. The van der Waals surface area contributed by atoms with E-state index < -0.39 is 30.6 Å². The SMILES string of the molecule is FC(F)(F)C1(C(F)(F)F)Cc2cc(S)c(Br)cc2C1. The van der Waals surface area contributed by atoms with Crippen LogP contribution in [-0.2, 0) is 12.8 Å². The number of rotatable bonds is 0. The summed E-state index contributed by atoms with van der Waals surface area (Å²) in [5, 5.41) is 0. The average Bonchev–Trinajstić information content (AvgIpc) is 2.56. The van der Waals surface area contributed by atoms with E-state index in [4.69, 9.17) is 0 Å². The smallest absolute Gasteiger partial charge is 0.170 e. The summed E-state index contributed by atoms with van der Waals surface area (Å²) in [6.45, 7) is 0. The van der Waals surface area contributed by atoms with Gasteiger partial charge in [-0.05, 0) is 52.0 Å². The molecule has 8 heteroatoms. The second-order valence-corrected chi connectivity index (χ2v) is 5.84. The molecule has 0 radical (unpaired) electrons. The molecule has 19 heavy (non-hydrogen) atoms. The number of hydrogen-bond donors (Lipinski definition) is 1. The largest absolute Gasteiger partial charge is 0.403 e. The number of halogens is 7. The van der Waals surface area contributed by atoms with E-state index in [1.807, 2.05) is 0 Å². The first-order chi connectivity index (χ1) is 8.48. The Balaban J connectivity index is 2.55. The highest BCUT2D eigenvalue weighted by molar-refractivity contribution is 9.10. The molecular weight excluding hydrogens is 358 g/mol. The molecule has 1 aliphatic carbocycles. The highest BCUT2D eigenvalue weighted by Crippen LogP contribution is 2.58. The molecule has 0 aliphatic heterocycles. The number of fused-ring (bicyclic) bond motifs is 1. The second-order valence-electron chi connectivity index (χ2n) is 4.50. The molecule has 0 amide bonds. The van der Waals surface area contributed by atoms with Gasteiger partial charge in [0.25, 0.3) is 0 Å². The van der Waals surface area contributed by atoms with Gasteiger partial charge in [0.15, 0.2) is 5.41 Å². The van der Waals surface area contributed by atoms with Gasteiger partial charge in [0.2, 0.25) is 0 Å². The average molecular weight is 365 g/mol. The molecule has 0 bridgehead atoms. The summed E-state index contributed by atoms with van der Waals surface area (Å²) in [6, 6.07) is 2.53. The Kier molecular flexibility index (Phi) is 3.41. The Labute approximate surface area is 118 Å². The van der Waals surface area contributed by atoms with E-state index >= 15 is 0 Å². The maximum absolute atomic E-state index is 12.9. The summed E-state index contributed by atoms with van der Waals surface area (Å²) in [4.78, 5) is 0.318. The first-order valence-corrected chi connectivity index (χ1v) is 6.36. The van der Waals surface area contributed by atoms with Gasteiger partial charge < -0.3 is 0 Å². The van der Waals surface area contributed by atoms with Crippen LogP contribution >= 0.6 is 28.6 Å². The Morgan fingerprint density at radius 3 is 1.79 bits per heavy atom. The van der Waals surface area contributed by atoms with E-state index in [2.05, 4.69) is 28.6 Å². The number of benzene rings is 1. The summed E-state index contributed by atoms with van der Waals surface area (Å²) in [5.41, 5.74) is -3.59. The number of hydrogen-bond acceptors (Lipinski definition) is 1. The molecule has 106 valence electrons. The first kappa shape index (κ1) is 15.0. The van der Waals surface area contributed by atoms with Crippen LogP contribution in [0.3, 0.4) is 0 Å². The van der Waals surface area contributed by atoms with Gasteiger partial charge in [0.05, 0.1) is 0 Å². The molecule has 1 aromatic rings. The van der Waals surface area contributed by atoms with Crippen molar-refractivity contribution in [2.45, 2.75) is 30.1 Å². The Hall–Kier alpha value is -0.370. The summed E-state index contributed by atoms with van der Waals surface area (Å²) >= 11 is 7.04. The van der Waals surface area contributed by atoms with E-state index in [0.29, 0.717) is 9.37 Å².